The van der Waals surface area contributed by atoms with Crippen LogP contribution in [0, 0.1) is 0 Å². The van der Waals surface area contributed by atoms with E-state index in [1.54, 1.807) is 0 Å². The van der Waals surface area contributed by atoms with Gasteiger partial charge < -0.3 is 34.2 Å². The van der Waals surface area contributed by atoms with E-state index in [2.05, 4.69) is 203 Å². The minimum absolute atomic E-state index is 0.0553. The van der Waals surface area contributed by atoms with Crippen LogP contribution in [0.3, 0.4) is 0 Å². The first kappa shape index (κ1) is 106. The topological polar surface area (TPSA) is 231 Å². The van der Waals surface area contributed by atoms with Gasteiger partial charge in [-0.25, -0.2) is 9.13 Å². The first-order valence-corrected chi connectivity index (χ1v) is 46.1. The van der Waals surface area contributed by atoms with Gasteiger partial charge in [0.05, 0.1) is 26.4 Å². The molecule has 5 atom stereocenters. The molecule has 18 heteroatoms. The van der Waals surface area contributed by atoms with E-state index in [9.17, 15) is 43.5 Å². The quantitative estimate of drug-likeness (QED) is 0.0146. The van der Waals surface area contributed by atoms with Gasteiger partial charge in [0.2, 0.25) is 0 Å². The van der Waals surface area contributed by atoms with Gasteiger partial charge >= 0.3 is 33.6 Å². The van der Waals surface area contributed by atoms with Gasteiger partial charge in [-0.3, -0.25) is 32.5 Å². The maximum Gasteiger partial charge on any atom is 0.472 e. The molecule has 0 saturated heterocycles. The molecule has 0 aromatic heterocycles. The summed E-state index contributed by atoms with van der Waals surface area (Å²) in [7, 11) is -9.83. The summed E-state index contributed by atoms with van der Waals surface area (Å²) in [5.74, 6) is -1.64. The van der Waals surface area contributed by atoms with Crippen molar-refractivity contribution in [2.45, 2.75) is 347 Å². The zero-order chi connectivity index (χ0) is 80.8. The Balaban J connectivity index is 4.54. The third-order valence-electron chi connectivity index (χ3n) is 17.6. The second-order valence-corrected chi connectivity index (χ2v) is 31.1. The minimum atomic E-state index is -4.96. The number of phosphoric ester groups is 2. The SMILES string of the molecule is CC/C=C\C/C=C\C/C=C\C/C=C\C/C=C\C/C=C\CCCCCCCCCCCCCCCCCCC(=O)OCC(O)COP(=O)(O)OCC(O)COP(=O)(O)OCC(COC(=O)CCCCCCC/C=C\C/C=C\C/C=C\C/C=C\CCCCC)OC(=O)CCCCC/C=C\C/C=C\C/C=C\C/C=C\C/C=C\CC. The molecule has 16 nitrogen and oxygen atoms in total. The number of carbonyl (C=O) groups is 3. The molecule has 0 rings (SSSR count). The summed E-state index contributed by atoms with van der Waals surface area (Å²) >= 11 is 0. The summed E-state index contributed by atoms with van der Waals surface area (Å²) in [4.78, 5) is 58.8. The predicted molar refractivity (Wildman–Crippen MR) is 463 cm³/mol. The van der Waals surface area contributed by atoms with E-state index in [4.69, 9.17) is 32.3 Å². The third kappa shape index (κ3) is 85.4. The average Bonchev–Trinajstić information content (AvgIpc) is 0.901. The van der Waals surface area contributed by atoms with Gasteiger partial charge in [-0.05, 0) is 161 Å². The first-order valence-electron chi connectivity index (χ1n) is 43.1. The van der Waals surface area contributed by atoms with Crippen LogP contribution in [0.5, 0.6) is 0 Å². The maximum atomic E-state index is 13.0. The van der Waals surface area contributed by atoms with E-state index in [0.717, 1.165) is 161 Å². The molecule has 111 heavy (non-hydrogen) atoms. The zero-order valence-corrected chi connectivity index (χ0v) is 71.1. The normalized spacial score (nSPS) is 14.8. The minimum Gasteiger partial charge on any atom is -0.463 e. The Bertz CT molecular complexity index is 2750. The second-order valence-electron chi connectivity index (χ2n) is 28.2. The summed E-state index contributed by atoms with van der Waals surface area (Å²) in [5, 5.41) is 20.7. The molecule has 0 aliphatic carbocycles. The van der Waals surface area contributed by atoms with Crippen LogP contribution < -0.4 is 0 Å². The Morgan fingerprint density at radius 2 is 0.477 bits per heavy atom. The highest BCUT2D eigenvalue weighted by Crippen LogP contribution is 2.45. The van der Waals surface area contributed by atoms with Crippen molar-refractivity contribution < 1.29 is 75.8 Å². The van der Waals surface area contributed by atoms with Gasteiger partial charge in [-0.15, -0.1) is 0 Å². The van der Waals surface area contributed by atoms with Gasteiger partial charge in [0.1, 0.15) is 25.4 Å². The maximum absolute atomic E-state index is 13.0. The molecule has 632 valence electrons. The van der Waals surface area contributed by atoms with Crippen LogP contribution in [0.2, 0.25) is 0 Å². The second kappa shape index (κ2) is 84.1. The fourth-order valence-electron chi connectivity index (χ4n) is 11.1. The number of rotatable bonds is 80. The van der Waals surface area contributed by atoms with Crippen LogP contribution in [-0.4, -0.2) is 95.9 Å². The monoisotopic (exact) mass is 1590 g/mol. The molecule has 0 saturated carbocycles. The molecule has 0 aromatic rings. The Morgan fingerprint density at radius 3 is 0.766 bits per heavy atom. The summed E-state index contributed by atoms with van der Waals surface area (Å²) < 4.78 is 61.2. The standard InChI is InChI=1S/C93H154O16P2/c1-4-7-10-13-16-19-22-25-28-31-34-36-37-38-39-40-41-42-43-44-45-46-47-48-49-51-54-55-58-61-64-67-70-73-76-79-91(96)103-82-88(94)83-105-110(99,100)106-84-89(95)85-107-111(101,102)108-87-90(109-93(98)81-78-75-72-69-66-63-60-57-52-33-30-27-24-21-18-15-12-9-6-3)86-104-92(97)80-77-74-71-68-65-62-59-56-53-50-35-32-29-26-23-20-17-14-11-8-5-2/h7,9-10,12,16-21,25-30,34-36,38-39,41-42,50,52,56-57,59,63,66,88-90,94-95H,4-6,8,11,13-15,22-24,31-33,37,40,43-49,51,53-55,58,60-62,64-65,67-87H2,1-3H3,(H,99,100)(H,101,102)/b10-7-,12-9-,19-16-,20-17-,21-18-,28-25-,29-26-,30-27-,36-34-,39-38-,42-41-,50-35-,57-52-,59-56-,66-63-. The zero-order valence-electron chi connectivity index (χ0n) is 69.3. The van der Waals surface area contributed by atoms with Crippen molar-refractivity contribution >= 4 is 33.6 Å². The fraction of sp³-hybridized carbons (Fsp3) is 0.645. The lowest BCUT2D eigenvalue weighted by Crippen LogP contribution is -2.30. The van der Waals surface area contributed by atoms with E-state index in [1.807, 2.05) is 0 Å². The highest BCUT2D eigenvalue weighted by molar-refractivity contribution is 7.47. The van der Waals surface area contributed by atoms with Crippen LogP contribution >= 0.6 is 15.6 Å². The number of phosphoric acid groups is 2. The number of ether oxygens (including phenoxy) is 3. The summed E-state index contributed by atoms with van der Waals surface area (Å²) in [6.45, 7) is 2.37. The number of hydrogen-bond acceptors (Lipinski definition) is 14. The molecular formula is C93H154O16P2. The molecule has 0 fully saturated rings. The molecule has 0 bridgehead atoms. The Labute approximate surface area is 675 Å². The molecule has 4 N–H and O–H groups in total. The van der Waals surface area contributed by atoms with Gasteiger partial charge in [0, 0.05) is 19.3 Å². The van der Waals surface area contributed by atoms with Crippen molar-refractivity contribution in [2.75, 3.05) is 39.6 Å². The number of esters is 3. The lowest BCUT2D eigenvalue weighted by molar-refractivity contribution is -0.161. The smallest absolute Gasteiger partial charge is 0.463 e. The van der Waals surface area contributed by atoms with Gasteiger partial charge in [0.15, 0.2) is 6.10 Å². The molecule has 0 radical (unpaired) electrons. The van der Waals surface area contributed by atoms with Crippen molar-refractivity contribution in [2.24, 2.45) is 0 Å². The Morgan fingerprint density at radius 1 is 0.261 bits per heavy atom. The summed E-state index contributed by atoms with van der Waals surface area (Å²) in [6.07, 6.45) is 109. The van der Waals surface area contributed by atoms with Gasteiger partial charge in [-0.2, -0.15) is 0 Å². The van der Waals surface area contributed by atoms with Gasteiger partial charge in [0.25, 0.3) is 0 Å². The number of carbonyl (C=O) groups excluding carboxylic acids is 3. The number of hydrogen-bond donors (Lipinski definition) is 4. The number of allylic oxidation sites excluding steroid dienone is 30. The largest absolute Gasteiger partial charge is 0.472 e. The third-order valence-corrected chi connectivity index (χ3v) is 19.5. The Hall–Kier alpha value is -5.35. The van der Waals surface area contributed by atoms with Crippen LogP contribution in [0.1, 0.15) is 329 Å². The van der Waals surface area contributed by atoms with E-state index >= 15 is 0 Å². The van der Waals surface area contributed by atoms with E-state index in [0.29, 0.717) is 19.3 Å². The lowest BCUT2D eigenvalue weighted by atomic mass is 10.0. The number of unbranched alkanes of at least 4 members (excludes halogenated alkanes) is 27. The summed E-state index contributed by atoms with van der Waals surface area (Å²) in [5.41, 5.74) is 0. The molecule has 5 unspecified atom stereocenters. The molecule has 0 aromatic carbocycles. The summed E-state index contributed by atoms with van der Waals surface area (Å²) in [6, 6.07) is 0. The molecule has 0 spiro atoms. The van der Waals surface area contributed by atoms with Crippen LogP contribution in [-0.2, 0) is 55.8 Å². The van der Waals surface area contributed by atoms with Crippen molar-refractivity contribution in [1.29, 1.82) is 0 Å². The Kier molecular flexibility index (Phi) is 80.0. The molecular weight excluding hydrogens is 1430 g/mol. The number of aliphatic hydroxyl groups is 2. The van der Waals surface area contributed by atoms with Crippen molar-refractivity contribution in [3.8, 4) is 0 Å². The molecule has 0 amide bonds. The molecule has 0 aliphatic heterocycles. The van der Waals surface area contributed by atoms with E-state index in [-0.39, 0.29) is 19.3 Å². The highest BCUT2D eigenvalue weighted by Gasteiger charge is 2.29. The number of aliphatic hydroxyl groups excluding tert-OH is 2. The van der Waals surface area contributed by atoms with Crippen LogP contribution in [0.15, 0.2) is 182 Å². The van der Waals surface area contributed by atoms with Crippen LogP contribution in [0.25, 0.3) is 0 Å². The first-order chi connectivity index (χ1) is 54.2. The van der Waals surface area contributed by atoms with E-state index in [1.165, 1.54) is 109 Å². The van der Waals surface area contributed by atoms with Crippen molar-refractivity contribution in [3.63, 3.8) is 0 Å². The van der Waals surface area contributed by atoms with Gasteiger partial charge in [-0.1, -0.05) is 331 Å². The van der Waals surface area contributed by atoms with Crippen LogP contribution in [0.4, 0.5) is 0 Å². The fourth-order valence-corrected chi connectivity index (χ4v) is 12.7. The van der Waals surface area contributed by atoms with E-state index < -0.39 is 91.5 Å². The van der Waals surface area contributed by atoms with Crippen molar-refractivity contribution in [3.05, 3.63) is 182 Å². The highest BCUT2D eigenvalue weighted by atomic mass is 31.2. The van der Waals surface area contributed by atoms with Crippen molar-refractivity contribution in [1.82, 2.24) is 0 Å². The predicted octanol–water partition coefficient (Wildman–Crippen LogP) is 26.1. The molecule has 0 aliphatic rings. The average molecular weight is 1590 g/mol. The molecule has 0 heterocycles. The lowest BCUT2D eigenvalue weighted by Gasteiger charge is -2.21.